The summed E-state index contributed by atoms with van der Waals surface area (Å²) in [4.78, 5) is 16.7. The van der Waals surface area contributed by atoms with Gasteiger partial charge in [-0.1, -0.05) is 53.8 Å². The van der Waals surface area contributed by atoms with Crippen molar-refractivity contribution in [2.45, 2.75) is 6.54 Å². The summed E-state index contributed by atoms with van der Waals surface area (Å²) in [6.45, 7) is 0.600. The summed E-state index contributed by atoms with van der Waals surface area (Å²) < 4.78 is 0. The maximum atomic E-state index is 11.2. The molecule has 0 saturated heterocycles. The Hall–Kier alpha value is -2.66. The highest BCUT2D eigenvalue weighted by atomic mass is 32.1. The van der Waals surface area contributed by atoms with Gasteiger partial charge in [0.1, 0.15) is 0 Å². The molecule has 0 bridgehead atoms. The topological polar surface area (TPSA) is 68.0 Å². The third-order valence-corrected chi connectivity index (χ3v) is 4.22. The zero-order valence-electron chi connectivity index (χ0n) is 11.8. The standard InChI is InChI=1S/C17H15N3OS/c18-16(21)14-8-4-5-12(9-14)10-19-17-20-11-15(22-17)13-6-2-1-3-7-13/h1-9,11H,10H2,(H2,18,21)(H,19,20). The van der Waals surface area contributed by atoms with E-state index < -0.39 is 5.91 Å². The summed E-state index contributed by atoms with van der Waals surface area (Å²) in [7, 11) is 0. The van der Waals surface area contributed by atoms with Crippen molar-refractivity contribution in [3.63, 3.8) is 0 Å². The van der Waals surface area contributed by atoms with Crippen LogP contribution in [0.1, 0.15) is 15.9 Å². The van der Waals surface area contributed by atoms with Crippen LogP contribution in [-0.2, 0) is 6.54 Å². The van der Waals surface area contributed by atoms with E-state index in [0.717, 1.165) is 21.1 Å². The maximum Gasteiger partial charge on any atom is 0.248 e. The van der Waals surface area contributed by atoms with E-state index in [9.17, 15) is 4.79 Å². The second-order valence-corrected chi connectivity index (χ2v) is 5.84. The Bertz CT molecular complexity index is 783. The number of nitrogens with two attached hydrogens (primary N) is 1. The average Bonchev–Trinajstić information content (AvgIpc) is 3.03. The zero-order chi connectivity index (χ0) is 15.4. The molecule has 3 aromatic rings. The number of anilines is 1. The van der Waals surface area contributed by atoms with Crippen molar-refractivity contribution in [2.24, 2.45) is 5.73 Å². The van der Waals surface area contributed by atoms with Gasteiger partial charge in [-0.25, -0.2) is 4.98 Å². The number of aromatic nitrogens is 1. The number of rotatable bonds is 5. The van der Waals surface area contributed by atoms with Gasteiger partial charge in [0.25, 0.3) is 0 Å². The lowest BCUT2D eigenvalue weighted by atomic mass is 10.1. The van der Waals surface area contributed by atoms with E-state index in [0.29, 0.717) is 12.1 Å². The number of hydrogen-bond acceptors (Lipinski definition) is 4. The van der Waals surface area contributed by atoms with E-state index in [2.05, 4.69) is 22.4 Å². The van der Waals surface area contributed by atoms with Crippen molar-refractivity contribution in [1.82, 2.24) is 4.98 Å². The highest BCUT2D eigenvalue weighted by Crippen LogP contribution is 2.28. The molecule has 1 amide bonds. The molecule has 0 atom stereocenters. The number of hydrogen-bond donors (Lipinski definition) is 2. The Labute approximate surface area is 132 Å². The number of nitrogens with one attached hydrogen (secondary N) is 1. The van der Waals surface area contributed by atoms with Gasteiger partial charge in [-0.05, 0) is 23.3 Å². The van der Waals surface area contributed by atoms with E-state index in [1.165, 1.54) is 0 Å². The minimum Gasteiger partial charge on any atom is -0.366 e. The maximum absolute atomic E-state index is 11.2. The Kier molecular flexibility index (Phi) is 4.16. The first kappa shape index (κ1) is 14.3. The van der Waals surface area contributed by atoms with Crippen LogP contribution in [-0.4, -0.2) is 10.9 Å². The first-order valence-corrected chi connectivity index (χ1v) is 7.68. The molecule has 22 heavy (non-hydrogen) atoms. The molecule has 0 aliphatic heterocycles. The number of primary amides is 1. The Morgan fingerprint density at radius 2 is 1.95 bits per heavy atom. The van der Waals surface area contributed by atoms with Gasteiger partial charge in [0.05, 0.1) is 4.88 Å². The highest BCUT2D eigenvalue weighted by molar-refractivity contribution is 7.18. The third-order valence-electron chi connectivity index (χ3n) is 3.22. The minimum absolute atomic E-state index is 0.414. The molecule has 0 aliphatic rings. The normalized spacial score (nSPS) is 10.4. The van der Waals surface area contributed by atoms with E-state index in [1.807, 2.05) is 36.5 Å². The van der Waals surface area contributed by atoms with Crippen LogP contribution in [0.2, 0.25) is 0 Å². The van der Waals surface area contributed by atoms with Crippen molar-refractivity contribution in [1.29, 1.82) is 0 Å². The molecule has 5 heteroatoms. The molecular weight excluding hydrogens is 294 g/mol. The third kappa shape index (κ3) is 3.32. The van der Waals surface area contributed by atoms with Crippen LogP contribution in [0.3, 0.4) is 0 Å². The molecule has 0 aliphatic carbocycles. The second kappa shape index (κ2) is 6.41. The fourth-order valence-electron chi connectivity index (χ4n) is 2.10. The van der Waals surface area contributed by atoms with Crippen molar-refractivity contribution in [3.05, 3.63) is 71.9 Å². The lowest BCUT2D eigenvalue weighted by Crippen LogP contribution is -2.11. The molecule has 110 valence electrons. The monoisotopic (exact) mass is 309 g/mol. The summed E-state index contributed by atoms with van der Waals surface area (Å²) in [6.07, 6.45) is 1.86. The quantitative estimate of drug-likeness (QED) is 0.757. The van der Waals surface area contributed by atoms with Crippen LogP contribution in [0.5, 0.6) is 0 Å². The fourth-order valence-corrected chi connectivity index (χ4v) is 2.92. The summed E-state index contributed by atoms with van der Waals surface area (Å²) >= 11 is 1.60. The molecule has 1 aromatic heterocycles. The van der Waals surface area contributed by atoms with Gasteiger partial charge in [-0.2, -0.15) is 0 Å². The Morgan fingerprint density at radius 1 is 1.14 bits per heavy atom. The van der Waals surface area contributed by atoms with Gasteiger partial charge in [0.15, 0.2) is 5.13 Å². The number of benzene rings is 2. The predicted molar refractivity (Wildman–Crippen MR) is 89.8 cm³/mol. The lowest BCUT2D eigenvalue weighted by molar-refractivity contribution is 0.1000. The number of carbonyl (C=O) groups excluding carboxylic acids is 1. The Morgan fingerprint density at radius 3 is 2.73 bits per heavy atom. The van der Waals surface area contributed by atoms with Gasteiger partial charge in [-0.3, -0.25) is 4.79 Å². The molecule has 0 radical (unpaired) electrons. The molecule has 1 heterocycles. The molecule has 0 spiro atoms. The van der Waals surface area contributed by atoms with Crippen LogP contribution >= 0.6 is 11.3 Å². The molecule has 3 N–H and O–H groups in total. The minimum atomic E-state index is -0.414. The fraction of sp³-hybridized carbons (Fsp3) is 0.0588. The zero-order valence-corrected chi connectivity index (χ0v) is 12.6. The van der Waals surface area contributed by atoms with Gasteiger partial charge in [-0.15, -0.1) is 0 Å². The number of nitrogens with zero attached hydrogens (tertiary/aromatic N) is 1. The predicted octanol–water partition coefficient (Wildman–Crippen LogP) is 3.52. The van der Waals surface area contributed by atoms with E-state index in [4.69, 9.17) is 5.73 Å². The van der Waals surface area contributed by atoms with E-state index >= 15 is 0 Å². The molecule has 0 unspecified atom stereocenters. The van der Waals surface area contributed by atoms with Crippen molar-refractivity contribution < 1.29 is 4.79 Å². The molecular formula is C17H15N3OS. The van der Waals surface area contributed by atoms with Crippen LogP contribution in [0.25, 0.3) is 10.4 Å². The smallest absolute Gasteiger partial charge is 0.248 e. The van der Waals surface area contributed by atoms with Crippen molar-refractivity contribution >= 4 is 22.4 Å². The first-order chi connectivity index (χ1) is 10.7. The van der Waals surface area contributed by atoms with Crippen LogP contribution in [0.15, 0.2) is 60.8 Å². The summed E-state index contributed by atoms with van der Waals surface area (Å²) in [5.74, 6) is -0.414. The van der Waals surface area contributed by atoms with Crippen LogP contribution in [0, 0.1) is 0 Å². The molecule has 2 aromatic carbocycles. The lowest BCUT2D eigenvalue weighted by Gasteiger charge is -2.04. The number of amides is 1. The van der Waals surface area contributed by atoms with Crippen LogP contribution < -0.4 is 11.1 Å². The van der Waals surface area contributed by atoms with Gasteiger partial charge in [0.2, 0.25) is 5.91 Å². The van der Waals surface area contributed by atoms with Gasteiger partial charge >= 0.3 is 0 Å². The summed E-state index contributed by atoms with van der Waals surface area (Å²) in [5.41, 5.74) is 7.95. The van der Waals surface area contributed by atoms with Gasteiger partial charge < -0.3 is 11.1 Å². The molecule has 0 saturated carbocycles. The number of thiazole rings is 1. The molecule has 3 rings (SSSR count). The second-order valence-electron chi connectivity index (χ2n) is 4.81. The highest BCUT2D eigenvalue weighted by Gasteiger charge is 2.05. The SMILES string of the molecule is NC(=O)c1cccc(CNc2ncc(-c3ccccc3)s2)c1. The van der Waals surface area contributed by atoms with Crippen molar-refractivity contribution in [2.75, 3.05) is 5.32 Å². The molecule has 0 fully saturated rings. The summed E-state index contributed by atoms with van der Waals surface area (Å²) in [6, 6.07) is 17.4. The van der Waals surface area contributed by atoms with Gasteiger partial charge in [0, 0.05) is 18.3 Å². The number of carbonyl (C=O) groups is 1. The largest absolute Gasteiger partial charge is 0.366 e. The summed E-state index contributed by atoms with van der Waals surface area (Å²) in [5, 5.41) is 4.12. The van der Waals surface area contributed by atoms with Crippen LogP contribution in [0.4, 0.5) is 5.13 Å². The molecule has 4 nitrogen and oxygen atoms in total. The van der Waals surface area contributed by atoms with E-state index in [1.54, 1.807) is 23.5 Å². The van der Waals surface area contributed by atoms with Crippen molar-refractivity contribution in [3.8, 4) is 10.4 Å². The van der Waals surface area contributed by atoms with E-state index in [-0.39, 0.29) is 0 Å². The Balaban J connectivity index is 1.69. The average molecular weight is 309 g/mol. The first-order valence-electron chi connectivity index (χ1n) is 6.86.